The number of rotatable bonds is 2. The number of hydrogen-bond donors (Lipinski definition) is 0. The van der Waals surface area contributed by atoms with Crippen LogP contribution in [0.15, 0.2) is 0 Å². The maximum atomic E-state index is 4.84. The summed E-state index contributed by atoms with van der Waals surface area (Å²) in [6.07, 6.45) is 1.95. The molecule has 0 spiro atoms. The molecule has 0 rings (SSSR count). The zero-order chi connectivity index (χ0) is 5.91. The molecule has 0 fully saturated rings. The molecule has 0 heterocycles. The standard InChI is InChI=1S/C5H13OSi.Li/c1-6-5-7(2,3)4;/h5H,1-4H3;/q-1;+1. The van der Waals surface area contributed by atoms with Crippen molar-refractivity contribution in [3.05, 3.63) is 6.23 Å². The van der Waals surface area contributed by atoms with Gasteiger partial charge in [0.1, 0.15) is 0 Å². The van der Waals surface area contributed by atoms with Crippen LogP contribution >= 0.6 is 0 Å². The first-order valence-electron chi connectivity index (χ1n) is 2.43. The van der Waals surface area contributed by atoms with E-state index in [9.17, 15) is 0 Å². The predicted octanol–water partition coefficient (Wildman–Crippen LogP) is -1.32. The second-order valence-electron chi connectivity index (χ2n) is 2.72. The van der Waals surface area contributed by atoms with E-state index in [1.807, 2.05) is 6.23 Å². The fourth-order valence-electron chi connectivity index (χ4n) is 0.354. The van der Waals surface area contributed by atoms with Gasteiger partial charge < -0.3 is 4.74 Å². The fraction of sp³-hybridized carbons (Fsp3) is 0.800. The molecule has 0 unspecified atom stereocenters. The van der Waals surface area contributed by atoms with Gasteiger partial charge in [0.25, 0.3) is 0 Å². The van der Waals surface area contributed by atoms with Gasteiger partial charge in [-0.15, -0.1) is 0 Å². The quantitative estimate of drug-likeness (QED) is 0.327. The Balaban J connectivity index is 0. The summed E-state index contributed by atoms with van der Waals surface area (Å²) in [5, 5.41) is 0. The third-order valence-corrected chi connectivity index (χ3v) is 1.41. The van der Waals surface area contributed by atoms with Gasteiger partial charge >= 0.3 is 18.9 Å². The van der Waals surface area contributed by atoms with Gasteiger partial charge in [-0.05, 0) is 7.11 Å². The first kappa shape index (κ1) is 11.6. The average Bonchev–Trinajstić information content (AvgIpc) is 1.30. The van der Waals surface area contributed by atoms with E-state index >= 15 is 0 Å². The van der Waals surface area contributed by atoms with Gasteiger partial charge in [0, 0.05) is 0 Å². The molecule has 0 aromatic rings. The van der Waals surface area contributed by atoms with Gasteiger partial charge in [-0.3, -0.25) is 0 Å². The summed E-state index contributed by atoms with van der Waals surface area (Å²) in [7, 11) is 0.702. The molecule has 0 aliphatic rings. The molecule has 0 bridgehead atoms. The van der Waals surface area contributed by atoms with Crippen molar-refractivity contribution in [2.75, 3.05) is 7.11 Å². The maximum Gasteiger partial charge on any atom is 1.00 e. The molecule has 0 amide bonds. The molecule has 0 saturated heterocycles. The molecule has 0 aliphatic carbocycles. The van der Waals surface area contributed by atoms with Gasteiger partial charge in [-0.2, -0.15) is 0 Å². The molecule has 8 heavy (non-hydrogen) atoms. The van der Waals surface area contributed by atoms with Gasteiger partial charge in [-0.25, -0.2) is 6.23 Å². The first-order chi connectivity index (χ1) is 3.06. The van der Waals surface area contributed by atoms with Gasteiger partial charge in [0.2, 0.25) is 0 Å². The topological polar surface area (TPSA) is 9.23 Å². The molecule has 0 N–H and O–H groups in total. The zero-order valence-electron chi connectivity index (χ0n) is 6.49. The van der Waals surface area contributed by atoms with Crippen molar-refractivity contribution >= 4 is 8.07 Å². The van der Waals surface area contributed by atoms with Crippen molar-refractivity contribution in [3.8, 4) is 0 Å². The Bertz CT molecular complexity index is 50.9. The summed E-state index contributed by atoms with van der Waals surface area (Å²) in [6, 6.07) is 0. The second-order valence-corrected chi connectivity index (χ2v) is 7.69. The van der Waals surface area contributed by atoms with Crippen LogP contribution in [0, 0.1) is 6.23 Å². The van der Waals surface area contributed by atoms with Gasteiger partial charge in [0.05, 0.1) is 0 Å². The van der Waals surface area contributed by atoms with E-state index in [1.54, 1.807) is 7.11 Å². The van der Waals surface area contributed by atoms with Crippen LogP contribution in [-0.4, -0.2) is 15.2 Å². The van der Waals surface area contributed by atoms with Crippen molar-refractivity contribution in [2.45, 2.75) is 19.6 Å². The minimum atomic E-state index is -1.00. The smallest absolute Gasteiger partial charge is 0.556 e. The van der Waals surface area contributed by atoms with E-state index in [2.05, 4.69) is 19.6 Å². The zero-order valence-corrected chi connectivity index (χ0v) is 7.49. The Morgan fingerprint density at radius 3 is 1.62 bits per heavy atom. The molecule has 44 valence electrons. The van der Waals surface area contributed by atoms with E-state index in [4.69, 9.17) is 4.74 Å². The Morgan fingerprint density at radius 2 is 1.62 bits per heavy atom. The SMILES string of the molecule is CO[CH-][Si](C)(C)C.[Li+]. The van der Waals surface area contributed by atoms with Crippen LogP contribution < -0.4 is 18.9 Å². The summed E-state index contributed by atoms with van der Waals surface area (Å²) in [5.41, 5.74) is 0. The second kappa shape index (κ2) is 4.63. The molecule has 0 aromatic carbocycles. The predicted molar refractivity (Wildman–Crippen MR) is 34.7 cm³/mol. The van der Waals surface area contributed by atoms with Crippen LogP contribution in [0.2, 0.25) is 19.6 Å². The van der Waals surface area contributed by atoms with Crippen LogP contribution in [-0.2, 0) is 4.74 Å². The van der Waals surface area contributed by atoms with Crippen LogP contribution in [0.25, 0.3) is 0 Å². The Hall–Kier alpha value is 0.774. The molecular weight excluding hydrogens is 111 g/mol. The molecule has 3 heteroatoms. The third kappa shape index (κ3) is 9.91. The van der Waals surface area contributed by atoms with Crippen molar-refractivity contribution in [1.29, 1.82) is 0 Å². The minimum absolute atomic E-state index is 0. The third-order valence-electron chi connectivity index (χ3n) is 0.471. The number of hydrogen-bond acceptors (Lipinski definition) is 1. The molecule has 0 saturated carbocycles. The van der Waals surface area contributed by atoms with E-state index in [-0.39, 0.29) is 18.9 Å². The van der Waals surface area contributed by atoms with Crippen LogP contribution in [0.3, 0.4) is 0 Å². The van der Waals surface area contributed by atoms with Crippen molar-refractivity contribution in [2.24, 2.45) is 0 Å². The normalized spacial score (nSPS) is 10.5. The van der Waals surface area contributed by atoms with Crippen molar-refractivity contribution in [1.82, 2.24) is 0 Å². The molecule has 1 nitrogen and oxygen atoms in total. The molecule has 0 atom stereocenters. The van der Waals surface area contributed by atoms with E-state index in [0.29, 0.717) is 0 Å². The minimum Gasteiger partial charge on any atom is -0.556 e. The molecule has 0 aliphatic heterocycles. The summed E-state index contributed by atoms with van der Waals surface area (Å²) in [6.45, 7) is 6.70. The van der Waals surface area contributed by atoms with Gasteiger partial charge in [0.15, 0.2) is 0 Å². The fourth-order valence-corrected chi connectivity index (χ4v) is 1.06. The first-order valence-corrected chi connectivity index (χ1v) is 6.01. The van der Waals surface area contributed by atoms with Gasteiger partial charge in [-0.1, -0.05) is 27.7 Å². The summed E-state index contributed by atoms with van der Waals surface area (Å²) in [5.74, 6) is 0. The summed E-state index contributed by atoms with van der Waals surface area (Å²) >= 11 is 0. The van der Waals surface area contributed by atoms with Crippen molar-refractivity contribution < 1.29 is 23.6 Å². The average molecular weight is 124 g/mol. The monoisotopic (exact) mass is 124 g/mol. The van der Waals surface area contributed by atoms with Crippen LogP contribution in [0.1, 0.15) is 0 Å². The van der Waals surface area contributed by atoms with Crippen LogP contribution in [0.5, 0.6) is 0 Å². The largest absolute Gasteiger partial charge is 1.00 e. The number of methoxy groups -OCH3 is 1. The van der Waals surface area contributed by atoms with Crippen molar-refractivity contribution in [3.63, 3.8) is 0 Å². The Kier molecular flexibility index (Phi) is 6.69. The molecule has 0 radical (unpaired) electrons. The van der Waals surface area contributed by atoms with E-state index < -0.39 is 8.07 Å². The number of ether oxygens (including phenoxy) is 1. The van der Waals surface area contributed by atoms with E-state index in [0.717, 1.165) is 0 Å². The Morgan fingerprint density at radius 1 is 1.25 bits per heavy atom. The summed E-state index contributed by atoms with van der Waals surface area (Å²) < 4.78 is 4.84. The summed E-state index contributed by atoms with van der Waals surface area (Å²) in [4.78, 5) is 0. The molecule has 0 aromatic heterocycles. The van der Waals surface area contributed by atoms with E-state index in [1.165, 1.54) is 0 Å². The van der Waals surface area contributed by atoms with Crippen LogP contribution in [0.4, 0.5) is 0 Å². The Labute approximate surface area is 65.0 Å². The maximum absolute atomic E-state index is 4.84. The molecular formula is C5H13LiOSi.